The van der Waals surface area contributed by atoms with Gasteiger partial charge in [0.25, 0.3) is 0 Å². The molecule has 0 radical (unpaired) electrons. The third-order valence-electron chi connectivity index (χ3n) is 3.29. The summed E-state index contributed by atoms with van der Waals surface area (Å²) in [6.45, 7) is 2.01. The lowest BCUT2D eigenvalue weighted by Gasteiger charge is -2.23. The topological polar surface area (TPSA) is 68.5 Å². The highest BCUT2D eigenvalue weighted by Gasteiger charge is 2.25. The minimum atomic E-state index is -0.423. The van der Waals surface area contributed by atoms with Crippen molar-refractivity contribution in [2.75, 3.05) is 7.11 Å². The van der Waals surface area contributed by atoms with E-state index in [9.17, 15) is 9.59 Å². The Morgan fingerprint density at radius 3 is 2.78 bits per heavy atom. The van der Waals surface area contributed by atoms with Gasteiger partial charge in [-0.3, -0.25) is 4.79 Å². The van der Waals surface area contributed by atoms with Crippen molar-refractivity contribution in [2.45, 2.75) is 32.7 Å². The molecule has 0 saturated heterocycles. The summed E-state index contributed by atoms with van der Waals surface area (Å²) in [7, 11) is 1.33. The quantitative estimate of drug-likeness (QED) is 0.828. The molecule has 1 aliphatic carbocycles. The number of aryl methyl sites for hydroxylation is 1. The van der Waals surface area contributed by atoms with Crippen molar-refractivity contribution in [3.05, 3.63) is 23.2 Å². The van der Waals surface area contributed by atoms with Crippen LogP contribution in [0.1, 0.15) is 41.1 Å². The average Bonchev–Trinajstić information content (AvgIpc) is 2.64. The molecular weight excluding hydrogens is 234 g/mol. The summed E-state index contributed by atoms with van der Waals surface area (Å²) in [5.74, 6) is 0.874. The zero-order valence-corrected chi connectivity index (χ0v) is 10.6. The number of furan rings is 1. The van der Waals surface area contributed by atoms with Gasteiger partial charge in [-0.15, -0.1) is 0 Å². The Bertz CT molecular complexity index is 460. The van der Waals surface area contributed by atoms with Crippen LogP contribution in [0.25, 0.3) is 0 Å². The van der Waals surface area contributed by atoms with E-state index < -0.39 is 5.97 Å². The van der Waals surface area contributed by atoms with E-state index in [2.05, 4.69) is 10.1 Å². The van der Waals surface area contributed by atoms with Crippen molar-refractivity contribution in [1.29, 1.82) is 0 Å². The van der Waals surface area contributed by atoms with Crippen molar-refractivity contribution in [3.63, 3.8) is 0 Å². The minimum absolute atomic E-state index is 0.0647. The van der Waals surface area contributed by atoms with Crippen LogP contribution in [0.3, 0.4) is 0 Å². The number of hydrogen-bond acceptors (Lipinski definition) is 4. The molecule has 0 atom stereocenters. The molecule has 1 N–H and O–H groups in total. The van der Waals surface area contributed by atoms with Crippen LogP contribution in [0.2, 0.25) is 0 Å². The van der Waals surface area contributed by atoms with Gasteiger partial charge in [0, 0.05) is 5.92 Å². The van der Waals surface area contributed by atoms with E-state index >= 15 is 0 Å². The van der Waals surface area contributed by atoms with E-state index in [0.29, 0.717) is 23.6 Å². The molecule has 0 aliphatic heterocycles. The average molecular weight is 251 g/mol. The molecule has 1 fully saturated rings. The molecule has 1 heterocycles. The minimum Gasteiger partial charge on any atom is -0.465 e. The molecule has 5 heteroatoms. The number of hydrogen-bond donors (Lipinski definition) is 1. The number of nitrogens with one attached hydrogen (secondary N) is 1. The molecule has 0 bridgehead atoms. The number of esters is 1. The monoisotopic (exact) mass is 251 g/mol. The second-order valence-corrected chi connectivity index (χ2v) is 4.52. The summed E-state index contributed by atoms with van der Waals surface area (Å²) in [5, 5.41) is 2.81. The zero-order chi connectivity index (χ0) is 13.1. The second kappa shape index (κ2) is 5.25. The molecule has 1 amide bonds. The van der Waals surface area contributed by atoms with Gasteiger partial charge in [0.2, 0.25) is 5.91 Å². The Balaban J connectivity index is 1.93. The first-order valence-electron chi connectivity index (χ1n) is 6.07. The van der Waals surface area contributed by atoms with Gasteiger partial charge in [-0.2, -0.15) is 0 Å². The normalized spacial score (nSPS) is 15.0. The Kier molecular flexibility index (Phi) is 3.69. The molecule has 5 nitrogen and oxygen atoms in total. The van der Waals surface area contributed by atoms with Gasteiger partial charge >= 0.3 is 5.97 Å². The third kappa shape index (κ3) is 2.55. The summed E-state index contributed by atoms with van der Waals surface area (Å²) in [4.78, 5) is 23.0. The number of rotatable bonds is 4. The van der Waals surface area contributed by atoms with Crippen molar-refractivity contribution in [1.82, 2.24) is 5.32 Å². The third-order valence-corrected chi connectivity index (χ3v) is 3.29. The maximum absolute atomic E-state index is 11.6. The molecule has 0 spiro atoms. The van der Waals surface area contributed by atoms with Gasteiger partial charge < -0.3 is 14.5 Å². The van der Waals surface area contributed by atoms with Crippen LogP contribution in [-0.2, 0) is 16.1 Å². The number of ether oxygens (including phenoxy) is 1. The molecular formula is C13H17NO4. The fourth-order valence-electron chi connectivity index (χ4n) is 1.93. The van der Waals surface area contributed by atoms with Crippen LogP contribution in [0.4, 0.5) is 0 Å². The fourth-order valence-corrected chi connectivity index (χ4v) is 1.93. The van der Waals surface area contributed by atoms with Gasteiger partial charge in [0.15, 0.2) is 0 Å². The number of amides is 1. The van der Waals surface area contributed by atoms with Gasteiger partial charge in [0.1, 0.15) is 17.1 Å². The van der Waals surface area contributed by atoms with E-state index in [4.69, 9.17) is 4.42 Å². The van der Waals surface area contributed by atoms with E-state index in [1.807, 2.05) is 0 Å². The molecule has 18 heavy (non-hydrogen) atoms. The first-order valence-corrected chi connectivity index (χ1v) is 6.07. The Labute approximate surface area is 105 Å². The van der Waals surface area contributed by atoms with Crippen molar-refractivity contribution in [3.8, 4) is 0 Å². The van der Waals surface area contributed by atoms with Crippen LogP contribution < -0.4 is 5.32 Å². The highest BCUT2D eigenvalue weighted by atomic mass is 16.5. The first kappa shape index (κ1) is 12.7. The van der Waals surface area contributed by atoms with Crippen LogP contribution >= 0.6 is 0 Å². The lowest BCUT2D eigenvalue weighted by atomic mass is 9.85. The Morgan fingerprint density at radius 2 is 2.22 bits per heavy atom. The largest absolute Gasteiger partial charge is 0.465 e. The van der Waals surface area contributed by atoms with Gasteiger partial charge in [0.05, 0.1) is 13.7 Å². The maximum atomic E-state index is 11.6. The summed E-state index contributed by atoms with van der Waals surface area (Å²) >= 11 is 0. The van der Waals surface area contributed by atoms with Gasteiger partial charge in [-0.1, -0.05) is 6.42 Å². The van der Waals surface area contributed by atoms with Crippen LogP contribution in [-0.4, -0.2) is 19.0 Å². The first-order chi connectivity index (χ1) is 8.61. The Morgan fingerprint density at radius 1 is 1.50 bits per heavy atom. The SMILES string of the molecule is COC(=O)c1cc(CNC(=O)C2CCC2)oc1C. The van der Waals surface area contributed by atoms with Gasteiger partial charge in [-0.25, -0.2) is 4.79 Å². The smallest absolute Gasteiger partial charge is 0.341 e. The molecule has 2 rings (SSSR count). The van der Waals surface area contributed by atoms with E-state index in [-0.39, 0.29) is 11.8 Å². The van der Waals surface area contributed by atoms with Gasteiger partial charge in [-0.05, 0) is 25.8 Å². The maximum Gasteiger partial charge on any atom is 0.341 e. The predicted octanol–water partition coefficient (Wildman–Crippen LogP) is 1.79. The molecule has 1 saturated carbocycles. The molecule has 1 aliphatic rings. The van der Waals surface area contributed by atoms with Crippen molar-refractivity contribution < 1.29 is 18.7 Å². The molecule has 0 unspecified atom stereocenters. The summed E-state index contributed by atoms with van der Waals surface area (Å²) in [5.41, 5.74) is 0.408. The lowest BCUT2D eigenvalue weighted by molar-refractivity contribution is -0.127. The van der Waals surface area contributed by atoms with Crippen molar-refractivity contribution in [2.24, 2.45) is 5.92 Å². The molecule has 0 aromatic carbocycles. The summed E-state index contributed by atoms with van der Waals surface area (Å²) < 4.78 is 10.0. The molecule has 1 aromatic heterocycles. The van der Waals surface area contributed by atoms with E-state index in [0.717, 1.165) is 19.3 Å². The van der Waals surface area contributed by atoms with Crippen LogP contribution in [0.5, 0.6) is 0 Å². The summed E-state index contributed by atoms with van der Waals surface area (Å²) in [6.07, 6.45) is 3.07. The number of carbonyl (C=O) groups excluding carboxylic acids is 2. The Hall–Kier alpha value is -1.78. The fraction of sp³-hybridized carbons (Fsp3) is 0.538. The lowest BCUT2D eigenvalue weighted by Crippen LogP contribution is -2.33. The molecule has 98 valence electrons. The predicted molar refractivity (Wildman–Crippen MR) is 64.0 cm³/mol. The standard InChI is InChI=1S/C13H17NO4/c1-8-11(13(16)17-2)6-10(18-8)7-14-12(15)9-4-3-5-9/h6,9H,3-5,7H2,1-2H3,(H,14,15). The zero-order valence-electron chi connectivity index (χ0n) is 10.6. The highest BCUT2D eigenvalue weighted by molar-refractivity contribution is 5.90. The highest BCUT2D eigenvalue weighted by Crippen LogP contribution is 2.26. The van der Waals surface area contributed by atoms with E-state index in [1.54, 1.807) is 13.0 Å². The summed E-state index contributed by atoms with van der Waals surface area (Å²) in [6, 6.07) is 1.61. The van der Waals surface area contributed by atoms with Crippen LogP contribution in [0, 0.1) is 12.8 Å². The van der Waals surface area contributed by atoms with E-state index in [1.165, 1.54) is 7.11 Å². The van der Waals surface area contributed by atoms with Crippen LogP contribution in [0.15, 0.2) is 10.5 Å². The number of methoxy groups -OCH3 is 1. The van der Waals surface area contributed by atoms with Crippen molar-refractivity contribution >= 4 is 11.9 Å². The number of carbonyl (C=O) groups is 2. The second-order valence-electron chi connectivity index (χ2n) is 4.52. The molecule has 1 aromatic rings.